The van der Waals surface area contributed by atoms with Crippen molar-refractivity contribution in [2.45, 2.75) is 48.8 Å². The summed E-state index contributed by atoms with van der Waals surface area (Å²) in [4.78, 5) is 24.0. The number of carbonyl (C=O) groups is 1. The van der Waals surface area contributed by atoms with Crippen molar-refractivity contribution in [1.29, 1.82) is 0 Å². The number of benzene rings is 2. The highest BCUT2D eigenvalue weighted by atomic mass is 16.7. The van der Waals surface area contributed by atoms with E-state index in [1.165, 1.54) is 25.6 Å². The Hall–Kier alpha value is -5.33. The minimum Gasteiger partial charge on any atom is -0.507 e. The Morgan fingerprint density at radius 3 is 2.57 bits per heavy atom. The van der Waals surface area contributed by atoms with Crippen molar-refractivity contribution in [3.8, 4) is 28.7 Å². The lowest BCUT2D eigenvalue weighted by molar-refractivity contribution is -0.303. The summed E-state index contributed by atoms with van der Waals surface area (Å²) in [5.74, 6) is -2.64. The molecule has 0 amide bonds. The number of carboxylic acid groups (broad SMARTS) is 1. The van der Waals surface area contributed by atoms with Gasteiger partial charge < -0.3 is 59.4 Å². The number of aliphatic hydroxyl groups excluding tert-OH is 4. The third-order valence-electron chi connectivity index (χ3n) is 8.24. The average molecular weight is 682 g/mol. The molecule has 0 aliphatic carbocycles. The number of aliphatic imine (C=N–C) groups is 3. The van der Waals surface area contributed by atoms with Gasteiger partial charge in [0.15, 0.2) is 29.4 Å². The molecule has 9 N–H and O–H groups in total. The van der Waals surface area contributed by atoms with Crippen molar-refractivity contribution in [2.24, 2.45) is 15.0 Å². The van der Waals surface area contributed by atoms with Crippen molar-refractivity contribution in [3.63, 3.8) is 0 Å². The maximum Gasteiger partial charge on any atom is 0.336 e. The van der Waals surface area contributed by atoms with E-state index >= 15 is 0 Å². The Balaban J connectivity index is 1.20. The number of methoxy groups -OCH3 is 1. The lowest BCUT2D eigenvalue weighted by Gasteiger charge is -2.46. The van der Waals surface area contributed by atoms with Crippen LogP contribution >= 0.6 is 0 Å². The van der Waals surface area contributed by atoms with Crippen LogP contribution in [0.4, 0.5) is 0 Å². The number of nitrogens with zero attached hydrogens (tertiary/aromatic N) is 3. The molecule has 2 aromatic carbocycles. The first-order valence-electron chi connectivity index (χ1n) is 14.9. The summed E-state index contributed by atoms with van der Waals surface area (Å²) >= 11 is 0. The van der Waals surface area contributed by atoms with Gasteiger partial charge in [-0.05, 0) is 28.8 Å². The topological polar surface area (TPSA) is 267 Å². The van der Waals surface area contributed by atoms with E-state index in [4.69, 9.17) is 29.1 Å². The van der Waals surface area contributed by atoms with Gasteiger partial charge in [-0.3, -0.25) is 10.4 Å². The number of aliphatic carboxylic acids is 1. The first-order valence-corrected chi connectivity index (χ1v) is 14.9. The minimum absolute atomic E-state index is 0.0666. The predicted molar refractivity (Wildman–Crippen MR) is 169 cm³/mol. The van der Waals surface area contributed by atoms with E-state index in [-0.39, 0.29) is 53.3 Å². The molecule has 2 aromatic rings. The highest BCUT2D eigenvalue weighted by Gasteiger charge is 2.59. The number of fused-ring (bicyclic) bond motifs is 1. The Kier molecular flexibility index (Phi) is 9.10. The van der Waals surface area contributed by atoms with Gasteiger partial charge in [0.1, 0.15) is 59.7 Å². The highest BCUT2D eigenvalue weighted by Crippen LogP contribution is 2.51. The number of ether oxygens (including phenoxy) is 5. The number of rotatable bonds is 11. The van der Waals surface area contributed by atoms with Gasteiger partial charge in [-0.2, -0.15) is 0 Å². The van der Waals surface area contributed by atoms with Crippen LogP contribution in [0.5, 0.6) is 28.7 Å². The second-order valence-corrected chi connectivity index (χ2v) is 11.5. The monoisotopic (exact) mass is 681 g/mol. The molecular weight excluding hydrogens is 648 g/mol. The Bertz CT molecular complexity index is 1800. The first-order chi connectivity index (χ1) is 23.4. The van der Waals surface area contributed by atoms with Gasteiger partial charge in [-0.1, -0.05) is 12.1 Å². The fraction of sp³-hybridized carbons (Fsp3) is 0.344. The van der Waals surface area contributed by atoms with E-state index in [1.54, 1.807) is 36.4 Å². The molecule has 1 fully saturated rings. The Morgan fingerprint density at radius 2 is 1.94 bits per heavy atom. The van der Waals surface area contributed by atoms with Crippen molar-refractivity contribution >= 4 is 35.3 Å². The number of nitrogens with two attached hydrogens (primary N) is 1. The molecule has 0 bridgehead atoms. The van der Waals surface area contributed by atoms with E-state index in [1.807, 2.05) is 0 Å². The number of hydrogen-bond acceptors (Lipinski definition) is 14. The van der Waals surface area contributed by atoms with Crippen LogP contribution in [0.2, 0.25) is 0 Å². The molecule has 4 aliphatic heterocycles. The fourth-order valence-electron chi connectivity index (χ4n) is 5.75. The zero-order valence-corrected chi connectivity index (χ0v) is 25.8. The highest BCUT2D eigenvalue weighted by molar-refractivity contribution is 6.14. The summed E-state index contributed by atoms with van der Waals surface area (Å²) in [6.45, 7) is -0.0159. The van der Waals surface area contributed by atoms with Crippen LogP contribution in [0.3, 0.4) is 0 Å². The van der Waals surface area contributed by atoms with Gasteiger partial charge in [0.05, 0.1) is 13.7 Å². The fourth-order valence-corrected chi connectivity index (χ4v) is 5.75. The molecule has 0 saturated carbocycles. The van der Waals surface area contributed by atoms with Crippen LogP contribution in [0.1, 0.15) is 23.7 Å². The number of aliphatic hydroxyl groups is 5. The molecule has 17 nitrogen and oxygen atoms in total. The number of hydrogen-bond donors (Lipinski definition) is 8. The molecule has 0 aromatic heterocycles. The minimum atomic E-state index is -2.50. The lowest BCUT2D eigenvalue weighted by atomic mass is 9.80. The molecule has 4 heterocycles. The van der Waals surface area contributed by atoms with Crippen molar-refractivity contribution in [3.05, 3.63) is 59.7 Å². The molecule has 49 heavy (non-hydrogen) atoms. The number of aromatic hydroxyl groups is 1. The maximum absolute atomic E-state index is 12.2. The van der Waals surface area contributed by atoms with Gasteiger partial charge in [0.2, 0.25) is 12.0 Å². The molecule has 7 atom stereocenters. The molecular formula is C32H33N4O13+. The van der Waals surface area contributed by atoms with Crippen LogP contribution in [-0.4, -0.2) is 122 Å². The standard InChI is InChI=1S/C32H32N4O13/c1-45-27-22(48-31-26(40)28(41)32(44,29(49-31)30(42)43)10-15-11-34-13-35-15)9-21-24(25(27)39)18(37)8-20(47-21)14-2-4-16(5-3-14)46-12-19(38)17-6-7-23(33)36-17/h2-9,13,19-20,26,28-29,31,33,37-41,44H,10-12H2,1H3,(H,42,43)/p+1/t19-,20?,26+,28-,29+,31+,32-/m0/s1. The van der Waals surface area contributed by atoms with E-state index in [2.05, 4.69) is 15.0 Å². The number of carboxylic acids is 1. The predicted octanol–water partition coefficient (Wildman–Crippen LogP) is -1.14. The van der Waals surface area contributed by atoms with Crippen molar-refractivity contribution < 1.29 is 69.6 Å². The second-order valence-electron chi connectivity index (χ2n) is 11.5. The van der Waals surface area contributed by atoms with Gasteiger partial charge in [-0.15, -0.1) is 0 Å². The van der Waals surface area contributed by atoms with E-state index < -0.39 is 60.6 Å². The smallest absolute Gasteiger partial charge is 0.336 e. The van der Waals surface area contributed by atoms with Crippen LogP contribution < -0.4 is 24.4 Å². The quantitative estimate of drug-likeness (QED) is 0.140. The normalized spacial score (nSPS) is 27.8. The summed E-state index contributed by atoms with van der Waals surface area (Å²) in [5.41, 5.74) is -1.44. The molecule has 4 aliphatic rings. The molecule has 1 unspecified atom stereocenters. The molecule has 1 saturated heterocycles. The van der Waals surface area contributed by atoms with Crippen molar-refractivity contribution in [2.75, 3.05) is 20.3 Å². The van der Waals surface area contributed by atoms with E-state index in [0.29, 0.717) is 17.0 Å². The number of amidine groups is 1. The molecule has 0 radical (unpaired) electrons. The van der Waals surface area contributed by atoms with Gasteiger partial charge in [-0.25, -0.2) is 9.79 Å². The zero-order chi connectivity index (χ0) is 35.0. The van der Waals surface area contributed by atoms with Crippen LogP contribution in [0.25, 0.3) is 5.76 Å². The number of phenolic OH excluding ortho intramolecular Hbond substituents is 1. The van der Waals surface area contributed by atoms with Gasteiger partial charge >= 0.3 is 11.8 Å². The first kappa shape index (κ1) is 33.6. The molecule has 258 valence electrons. The Labute approximate surface area is 277 Å². The molecule has 17 heteroatoms. The summed E-state index contributed by atoms with van der Waals surface area (Å²) in [5, 5.41) is 80.8. The molecule has 6 rings (SSSR count). The Morgan fingerprint density at radius 1 is 1.18 bits per heavy atom. The third kappa shape index (κ3) is 6.44. The summed E-state index contributed by atoms with van der Waals surface area (Å²) < 4.78 is 28.2. The van der Waals surface area contributed by atoms with Crippen LogP contribution in [0.15, 0.2) is 63.5 Å². The van der Waals surface area contributed by atoms with Crippen LogP contribution in [0, 0.1) is 0 Å². The van der Waals surface area contributed by atoms with E-state index in [0.717, 1.165) is 0 Å². The van der Waals surface area contributed by atoms with E-state index in [9.17, 15) is 40.5 Å². The van der Waals surface area contributed by atoms with Gasteiger partial charge in [0.25, 0.3) is 0 Å². The zero-order valence-electron chi connectivity index (χ0n) is 25.8. The maximum atomic E-state index is 12.2. The van der Waals surface area contributed by atoms with Gasteiger partial charge in [0, 0.05) is 30.4 Å². The molecule has 0 spiro atoms. The van der Waals surface area contributed by atoms with Crippen molar-refractivity contribution in [1.82, 2.24) is 0 Å². The largest absolute Gasteiger partial charge is 0.507 e. The summed E-state index contributed by atoms with van der Waals surface area (Å²) in [7, 11) is 1.19. The SMILES string of the molecule is COc1c(O[C@@H]2O[C@H](C(=O)O)[C@](O)(CC3=NC=NC3)[C@@H](O)[C@H]2O)cc2c(c1O)C(O)=CC(c1ccc(OC[C@H](O)C3=NC(=[NH2+])C=C3)cc1)O2. The second kappa shape index (κ2) is 13.3. The number of phenols is 1. The summed E-state index contributed by atoms with van der Waals surface area (Å²) in [6.07, 6.45) is -4.64. The third-order valence-corrected chi connectivity index (χ3v) is 8.24. The van der Waals surface area contributed by atoms with Crippen LogP contribution in [-0.2, 0) is 9.53 Å². The lowest BCUT2D eigenvalue weighted by Crippen LogP contribution is -2.69. The summed E-state index contributed by atoms with van der Waals surface area (Å²) in [6, 6.07) is 7.78. The average Bonchev–Trinajstić information content (AvgIpc) is 3.75.